The minimum atomic E-state index is 0.324. The summed E-state index contributed by atoms with van der Waals surface area (Å²) in [6.45, 7) is 4.57. The molecule has 0 amide bonds. The molecule has 1 atom stereocenters. The Balaban J connectivity index is 3.32. The van der Waals surface area contributed by atoms with Crippen LogP contribution in [0, 0.1) is 5.92 Å². The predicted octanol–water partition coefficient (Wildman–Crippen LogP) is 12.3. The lowest BCUT2D eigenvalue weighted by atomic mass is 9.95. The molecule has 35 heavy (non-hydrogen) atoms. The quantitative estimate of drug-likeness (QED) is 0.0555. The first-order valence-electron chi connectivity index (χ1n) is 16.4. The van der Waals surface area contributed by atoms with Crippen LogP contribution in [0.25, 0.3) is 0 Å². The van der Waals surface area contributed by atoms with Crippen LogP contribution in [0.3, 0.4) is 0 Å². The fraction of sp³-hybridized carbons (Fsp3) is 0.912. The number of allylic oxidation sites excluding steroid dienone is 2. The molecule has 1 heteroatoms. The number of hydrogen-bond acceptors (Lipinski definition) is 1. The summed E-state index contributed by atoms with van der Waals surface area (Å²) in [5.74, 6) is 0.324. The van der Waals surface area contributed by atoms with E-state index in [9.17, 15) is 4.79 Å². The van der Waals surface area contributed by atoms with E-state index in [1.54, 1.807) is 0 Å². The zero-order valence-electron chi connectivity index (χ0n) is 24.5. The Morgan fingerprint density at radius 3 is 1.00 bits per heavy atom. The monoisotopic (exact) mass is 491 g/mol. The first kappa shape index (κ1) is 34.4. The summed E-state index contributed by atoms with van der Waals surface area (Å²) < 4.78 is 0. The van der Waals surface area contributed by atoms with Crippen molar-refractivity contribution >= 4 is 6.29 Å². The molecular weight excluding hydrogens is 424 g/mol. The van der Waals surface area contributed by atoms with Crippen molar-refractivity contribution in [2.45, 2.75) is 194 Å². The van der Waals surface area contributed by atoms with Crippen LogP contribution in [-0.4, -0.2) is 6.29 Å². The summed E-state index contributed by atoms with van der Waals surface area (Å²) in [5.41, 5.74) is 0. The van der Waals surface area contributed by atoms with Gasteiger partial charge in [-0.15, -0.1) is 0 Å². The predicted molar refractivity (Wildman–Crippen MR) is 159 cm³/mol. The van der Waals surface area contributed by atoms with Gasteiger partial charge < -0.3 is 4.79 Å². The third-order valence-corrected chi connectivity index (χ3v) is 7.71. The van der Waals surface area contributed by atoms with E-state index in [1.807, 2.05) is 0 Å². The second-order valence-electron chi connectivity index (χ2n) is 11.3. The van der Waals surface area contributed by atoms with Gasteiger partial charge in [-0.1, -0.05) is 167 Å². The average Bonchev–Trinajstić information content (AvgIpc) is 2.87. The van der Waals surface area contributed by atoms with Gasteiger partial charge in [-0.05, 0) is 38.5 Å². The Hall–Kier alpha value is -0.590. The summed E-state index contributed by atoms with van der Waals surface area (Å²) in [5, 5.41) is 0. The van der Waals surface area contributed by atoms with Gasteiger partial charge >= 0.3 is 0 Å². The van der Waals surface area contributed by atoms with Crippen LogP contribution < -0.4 is 0 Å². The lowest BCUT2D eigenvalue weighted by Crippen LogP contribution is -2.02. The summed E-state index contributed by atoms with van der Waals surface area (Å²) in [4.78, 5) is 11.4. The topological polar surface area (TPSA) is 17.1 Å². The highest BCUT2D eigenvalue weighted by Gasteiger charge is 2.06. The molecule has 0 rings (SSSR count). The highest BCUT2D eigenvalue weighted by Crippen LogP contribution is 2.18. The zero-order valence-corrected chi connectivity index (χ0v) is 24.5. The lowest BCUT2D eigenvalue weighted by Gasteiger charge is -2.10. The molecule has 0 radical (unpaired) electrons. The van der Waals surface area contributed by atoms with Crippen LogP contribution in [0.1, 0.15) is 194 Å². The first-order valence-corrected chi connectivity index (χ1v) is 16.4. The number of hydrogen-bond donors (Lipinski definition) is 0. The maximum atomic E-state index is 11.4. The van der Waals surface area contributed by atoms with Gasteiger partial charge in [-0.3, -0.25) is 0 Å². The number of carbonyl (C=O) groups excluding carboxylic acids is 1. The van der Waals surface area contributed by atoms with Crippen molar-refractivity contribution < 1.29 is 4.79 Å². The maximum absolute atomic E-state index is 11.4. The highest BCUT2D eigenvalue weighted by atomic mass is 16.1. The fourth-order valence-electron chi connectivity index (χ4n) is 5.18. The first-order chi connectivity index (χ1) is 17.3. The highest BCUT2D eigenvalue weighted by molar-refractivity contribution is 5.53. The Morgan fingerprint density at radius 1 is 0.400 bits per heavy atom. The van der Waals surface area contributed by atoms with Gasteiger partial charge in [0.2, 0.25) is 0 Å². The number of rotatable bonds is 30. The van der Waals surface area contributed by atoms with Crippen molar-refractivity contribution in [3.05, 3.63) is 12.2 Å². The minimum Gasteiger partial charge on any atom is -0.303 e. The SMILES string of the molecule is CCCCCCCCC=CCCCCCCC(C=O)CCCCCCCCCCCCCCCC. The molecule has 0 aliphatic heterocycles. The Bertz CT molecular complexity index is 413. The van der Waals surface area contributed by atoms with Crippen molar-refractivity contribution in [1.29, 1.82) is 0 Å². The van der Waals surface area contributed by atoms with Gasteiger partial charge in [0.1, 0.15) is 6.29 Å². The van der Waals surface area contributed by atoms with Crippen LogP contribution in [0.15, 0.2) is 12.2 Å². The third kappa shape index (κ3) is 29.5. The molecule has 0 spiro atoms. The van der Waals surface area contributed by atoms with Crippen molar-refractivity contribution in [2.75, 3.05) is 0 Å². The molecule has 0 aliphatic carbocycles. The number of carbonyl (C=O) groups is 1. The standard InChI is InChI=1S/C34H66O/c1-3-5-7-9-11-13-15-17-19-21-23-25-27-29-31-34(33-35)32-30-28-26-24-22-20-18-16-14-12-10-8-6-4-2/h17,19,33-34H,3-16,18,20-32H2,1-2H3. The summed E-state index contributed by atoms with van der Waals surface area (Å²) >= 11 is 0. The average molecular weight is 491 g/mol. The van der Waals surface area contributed by atoms with Crippen LogP contribution in [-0.2, 0) is 4.79 Å². The molecule has 0 heterocycles. The molecule has 0 aromatic rings. The molecule has 0 aromatic carbocycles. The van der Waals surface area contributed by atoms with Gasteiger partial charge in [0.25, 0.3) is 0 Å². The summed E-state index contributed by atoms with van der Waals surface area (Å²) in [7, 11) is 0. The van der Waals surface area contributed by atoms with Gasteiger partial charge in [-0.25, -0.2) is 0 Å². The summed E-state index contributed by atoms with van der Waals surface area (Å²) in [6.07, 6.45) is 44.0. The Labute approximate surface area is 222 Å². The van der Waals surface area contributed by atoms with E-state index < -0.39 is 0 Å². The normalized spacial score (nSPS) is 12.5. The van der Waals surface area contributed by atoms with E-state index in [4.69, 9.17) is 0 Å². The molecule has 0 saturated carbocycles. The van der Waals surface area contributed by atoms with E-state index in [0.717, 1.165) is 12.8 Å². The molecular formula is C34H66O. The zero-order chi connectivity index (χ0) is 25.5. The maximum Gasteiger partial charge on any atom is 0.123 e. The second kappa shape index (κ2) is 31.4. The van der Waals surface area contributed by atoms with Crippen molar-refractivity contribution in [2.24, 2.45) is 5.92 Å². The minimum absolute atomic E-state index is 0.324. The van der Waals surface area contributed by atoms with Crippen LogP contribution in [0.4, 0.5) is 0 Å². The Morgan fingerprint density at radius 2 is 0.686 bits per heavy atom. The molecule has 208 valence electrons. The molecule has 1 nitrogen and oxygen atoms in total. The van der Waals surface area contributed by atoms with Gasteiger partial charge in [0, 0.05) is 5.92 Å². The van der Waals surface area contributed by atoms with Crippen molar-refractivity contribution in [3.63, 3.8) is 0 Å². The van der Waals surface area contributed by atoms with E-state index >= 15 is 0 Å². The van der Waals surface area contributed by atoms with E-state index in [2.05, 4.69) is 26.0 Å². The van der Waals surface area contributed by atoms with Gasteiger partial charge in [-0.2, -0.15) is 0 Å². The second-order valence-corrected chi connectivity index (χ2v) is 11.3. The lowest BCUT2D eigenvalue weighted by molar-refractivity contribution is -0.111. The number of unbranched alkanes of at least 4 members (excludes halogenated alkanes) is 23. The van der Waals surface area contributed by atoms with Crippen molar-refractivity contribution in [1.82, 2.24) is 0 Å². The molecule has 1 unspecified atom stereocenters. The molecule has 0 N–H and O–H groups in total. The Kier molecular flexibility index (Phi) is 30.9. The van der Waals surface area contributed by atoms with Gasteiger partial charge in [0.05, 0.1) is 0 Å². The third-order valence-electron chi connectivity index (χ3n) is 7.71. The molecule has 0 fully saturated rings. The fourth-order valence-corrected chi connectivity index (χ4v) is 5.18. The van der Waals surface area contributed by atoms with Gasteiger partial charge in [0.15, 0.2) is 0 Å². The molecule has 0 aromatic heterocycles. The van der Waals surface area contributed by atoms with E-state index in [0.29, 0.717) is 5.92 Å². The molecule has 0 saturated heterocycles. The van der Waals surface area contributed by atoms with Crippen LogP contribution >= 0.6 is 0 Å². The van der Waals surface area contributed by atoms with Crippen molar-refractivity contribution in [3.8, 4) is 0 Å². The smallest absolute Gasteiger partial charge is 0.123 e. The van der Waals surface area contributed by atoms with E-state index in [1.165, 1.54) is 173 Å². The molecule has 0 aliphatic rings. The van der Waals surface area contributed by atoms with Crippen LogP contribution in [0.5, 0.6) is 0 Å². The number of aldehydes is 1. The molecule has 0 bridgehead atoms. The summed E-state index contributed by atoms with van der Waals surface area (Å²) in [6, 6.07) is 0. The largest absolute Gasteiger partial charge is 0.303 e. The van der Waals surface area contributed by atoms with Crippen LogP contribution in [0.2, 0.25) is 0 Å². The van der Waals surface area contributed by atoms with E-state index in [-0.39, 0.29) is 0 Å².